The molecular weight excluding hydrogens is 423 g/mol. The smallest absolute Gasteiger partial charge is 0.253 e. The summed E-state index contributed by atoms with van der Waals surface area (Å²) in [6.45, 7) is 3.75. The number of hydrogen-bond acceptors (Lipinski definition) is 3. The average Bonchev–Trinajstić information content (AvgIpc) is 2.95. The van der Waals surface area contributed by atoms with Crippen molar-refractivity contribution in [2.75, 3.05) is 19.4 Å². The molecule has 0 aliphatic carbocycles. The molecule has 0 bridgehead atoms. The van der Waals surface area contributed by atoms with Gasteiger partial charge in [-0.25, -0.2) is 4.68 Å². The van der Waals surface area contributed by atoms with Crippen molar-refractivity contribution in [3.8, 4) is 5.69 Å². The van der Waals surface area contributed by atoms with Gasteiger partial charge in [0.25, 0.3) is 5.91 Å². The van der Waals surface area contributed by atoms with Gasteiger partial charge in [-0.2, -0.15) is 5.10 Å². The lowest BCUT2D eigenvalue weighted by atomic mass is 10.1. The van der Waals surface area contributed by atoms with Crippen LogP contribution in [0.1, 0.15) is 27.3 Å². The molecule has 0 saturated heterocycles. The molecule has 0 unspecified atom stereocenters. The molecule has 0 fully saturated rings. The van der Waals surface area contributed by atoms with Gasteiger partial charge in [-0.3, -0.25) is 9.59 Å². The first kappa shape index (κ1) is 21.9. The minimum Gasteiger partial charge on any atom is -0.345 e. The molecule has 0 aliphatic heterocycles. The van der Waals surface area contributed by atoms with E-state index in [1.165, 1.54) is 4.90 Å². The van der Waals surface area contributed by atoms with E-state index in [0.29, 0.717) is 27.0 Å². The van der Waals surface area contributed by atoms with Crippen molar-refractivity contribution in [2.45, 2.75) is 20.3 Å². The van der Waals surface area contributed by atoms with Gasteiger partial charge in [-0.1, -0.05) is 29.3 Å². The number of nitrogens with zero attached hydrogens (tertiary/aromatic N) is 3. The van der Waals surface area contributed by atoms with Crippen LogP contribution in [0.2, 0.25) is 10.0 Å². The predicted molar refractivity (Wildman–Crippen MR) is 120 cm³/mol. The summed E-state index contributed by atoms with van der Waals surface area (Å²) in [7, 11) is 3.37. The lowest BCUT2D eigenvalue weighted by Crippen LogP contribution is -2.22. The topological polar surface area (TPSA) is 67.2 Å². The standard InChI is InChI=1S/C22H22Cl2N4O2/c1-13-18(14(2)28(26-13)20-9-8-16(23)11-19(20)24)12-21(29)25-17-7-5-6-15(10-17)22(30)27(3)4/h5-11H,12H2,1-4H3,(H,25,29). The van der Waals surface area contributed by atoms with Gasteiger partial charge in [0, 0.05) is 41.6 Å². The van der Waals surface area contributed by atoms with E-state index in [1.807, 2.05) is 13.8 Å². The van der Waals surface area contributed by atoms with Gasteiger partial charge in [-0.05, 0) is 50.2 Å². The zero-order chi connectivity index (χ0) is 22.0. The first-order chi connectivity index (χ1) is 14.2. The summed E-state index contributed by atoms with van der Waals surface area (Å²) < 4.78 is 1.72. The molecule has 3 rings (SSSR count). The largest absolute Gasteiger partial charge is 0.345 e. The maximum Gasteiger partial charge on any atom is 0.253 e. The van der Waals surface area contributed by atoms with Crippen molar-refractivity contribution in [2.24, 2.45) is 0 Å². The van der Waals surface area contributed by atoms with Crippen molar-refractivity contribution in [1.29, 1.82) is 0 Å². The maximum absolute atomic E-state index is 12.7. The Labute approximate surface area is 185 Å². The second-order valence-electron chi connectivity index (χ2n) is 7.16. The number of carbonyl (C=O) groups is 2. The third kappa shape index (κ3) is 4.66. The van der Waals surface area contributed by atoms with Crippen molar-refractivity contribution in [3.05, 3.63) is 75.0 Å². The fourth-order valence-electron chi connectivity index (χ4n) is 3.17. The van der Waals surface area contributed by atoms with E-state index < -0.39 is 0 Å². The molecule has 30 heavy (non-hydrogen) atoms. The predicted octanol–water partition coefficient (Wildman–Crippen LogP) is 4.68. The number of aryl methyl sites for hydroxylation is 1. The first-order valence-electron chi connectivity index (χ1n) is 9.29. The number of nitrogens with one attached hydrogen (secondary N) is 1. The van der Waals surface area contributed by atoms with E-state index in [1.54, 1.807) is 61.2 Å². The number of amides is 2. The molecule has 8 heteroatoms. The SMILES string of the molecule is Cc1nn(-c2ccc(Cl)cc2Cl)c(C)c1CC(=O)Nc1cccc(C(=O)N(C)C)c1. The number of anilines is 1. The molecule has 0 aliphatic rings. The maximum atomic E-state index is 12.7. The Hall–Kier alpha value is -2.83. The van der Waals surface area contributed by atoms with Gasteiger partial charge in [0.1, 0.15) is 0 Å². The van der Waals surface area contributed by atoms with Crippen molar-refractivity contribution in [3.63, 3.8) is 0 Å². The number of aromatic nitrogens is 2. The fourth-order valence-corrected chi connectivity index (χ4v) is 3.66. The Morgan fingerprint density at radius 1 is 1.10 bits per heavy atom. The summed E-state index contributed by atoms with van der Waals surface area (Å²) in [6, 6.07) is 12.1. The zero-order valence-electron chi connectivity index (χ0n) is 17.2. The van der Waals surface area contributed by atoms with Crippen LogP contribution in [0, 0.1) is 13.8 Å². The van der Waals surface area contributed by atoms with Crippen LogP contribution in [0.4, 0.5) is 5.69 Å². The summed E-state index contributed by atoms with van der Waals surface area (Å²) in [5, 5.41) is 8.42. The second kappa shape index (κ2) is 8.90. The van der Waals surface area contributed by atoms with Gasteiger partial charge in [-0.15, -0.1) is 0 Å². The van der Waals surface area contributed by atoms with Gasteiger partial charge in [0.15, 0.2) is 0 Å². The number of halogens is 2. The number of hydrogen-bond donors (Lipinski definition) is 1. The highest BCUT2D eigenvalue weighted by Gasteiger charge is 2.18. The van der Waals surface area contributed by atoms with Crippen LogP contribution in [-0.2, 0) is 11.2 Å². The molecule has 3 aromatic rings. The lowest BCUT2D eigenvalue weighted by molar-refractivity contribution is -0.115. The molecule has 1 heterocycles. The summed E-state index contributed by atoms with van der Waals surface area (Å²) in [6.07, 6.45) is 0.148. The molecule has 156 valence electrons. The highest BCUT2D eigenvalue weighted by Crippen LogP contribution is 2.27. The van der Waals surface area contributed by atoms with Crippen LogP contribution < -0.4 is 5.32 Å². The van der Waals surface area contributed by atoms with Crippen molar-refractivity contribution in [1.82, 2.24) is 14.7 Å². The molecule has 6 nitrogen and oxygen atoms in total. The first-order valence-corrected chi connectivity index (χ1v) is 10.0. The van der Waals surface area contributed by atoms with Crippen LogP contribution in [0.5, 0.6) is 0 Å². The quantitative estimate of drug-likeness (QED) is 0.620. The van der Waals surface area contributed by atoms with E-state index in [2.05, 4.69) is 10.4 Å². The molecule has 0 saturated carbocycles. The van der Waals surface area contributed by atoms with E-state index in [9.17, 15) is 9.59 Å². The molecular formula is C22H22Cl2N4O2. The Balaban J connectivity index is 1.80. The third-order valence-corrected chi connectivity index (χ3v) is 5.25. The Kier molecular flexibility index (Phi) is 6.48. The molecule has 2 amide bonds. The third-order valence-electron chi connectivity index (χ3n) is 4.72. The van der Waals surface area contributed by atoms with Crippen LogP contribution in [0.25, 0.3) is 5.69 Å². The van der Waals surface area contributed by atoms with Gasteiger partial charge in [0.2, 0.25) is 5.91 Å². The fraction of sp³-hybridized carbons (Fsp3) is 0.227. The summed E-state index contributed by atoms with van der Waals surface area (Å²) >= 11 is 12.3. The highest BCUT2D eigenvalue weighted by molar-refractivity contribution is 6.35. The highest BCUT2D eigenvalue weighted by atomic mass is 35.5. The molecule has 1 N–H and O–H groups in total. The van der Waals surface area contributed by atoms with Crippen molar-refractivity contribution < 1.29 is 9.59 Å². The van der Waals surface area contributed by atoms with Crippen LogP contribution in [-0.4, -0.2) is 40.6 Å². The molecule has 0 spiro atoms. The lowest BCUT2D eigenvalue weighted by Gasteiger charge is -2.12. The van der Waals surface area contributed by atoms with Gasteiger partial charge in [0.05, 0.1) is 22.8 Å². The van der Waals surface area contributed by atoms with E-state index >= 15 is 0 Å². The van der Waals surface area contributed by atoms with Gasteiger partial charge >= 0.3 is 0 Å². The van der Waals surface area contributed by atoms with E-state index in [-0.39, 0.29) is 18.2 Å². The second-order valence-corrected chi connectivity index (χ2v) is 8.01. The molecule has 0 atom stereocenters. The Bertz CT molecular complexity index is 1120. The summed E-state index contributed by atoms with van der Waals surface area (Å²) in [4.78, 5) is 26.3. The van der Waals surface area contributed by atoms with Crippen molar-refractivity contribution >= 4 is 40.7 Å². The summed E-state index contributed by atoms with van der Waals surface area (Å²) in [5.41, 5.74) is 4.15. The number of rotatable bonds is 5. The molecule has 0 radical (unpaired) electrons. The minimum atomic E-state index is -0.197. The monoisotopic (exact) mass is 444 g/mol. The number of benzene rings is 2. The average molecular weight is 445 g/mol. The van der Waals surface area contributed by atoms with E-state index in [4.69, 9.17) is 23.2 Å². The van der Waals surface area contributed by atoms with Crippen LogP contribution >= 0.6 is 23.2 Å². The molecule has 1 aromatic heterocycles. The molecule has 2 aromatic carbocycles. The zero-order valence-corrected chi connectivity index (χ0v) is 18.7. The van der Waals surface area contributed by atoms with E-state index in [0.717, 1.165) is 17.0 Å². The summed E-state index contributed by atoms with van der Waals surface area (Å²) in [5.74, 6) is -0.323. The normalized spacial score (nSPS) is 10.7. The van der Waals surface area contributed by atoms with Gasteiger partial charge < -0.3 is 10.2 Å². The minimum absolute atomic E-state index is 0.126. The Morgan fingerprint density at radius 3 is 2.50 bits per heavy atom. The van der Waals surface area contributed by atoms with Crippen LogP contribution in [0.15, 0.2) is 42.5 Å². The number of carbonyl (C=O) groups excluding carboxylic acids is 2. The Morgan fingerprint density at radius 2 is 1.83 bits per heavy atom. The van der Waals surface area contributed by atoms with Crippen LogP contribution in [0.3, 0.4) is 0 Å².